The van der Waals surface area contributed by atoms with Crippen LogP contribution < -0.4 is 11.1 Å². The third-order valence-corrected chi connectivity index (χ3v) is 4.33. The quantitative estimate of drug-likeness (QED) is 0.724. The summed E-state index contributed by atoms with van der Waals surface area (Å²) < 4.78 is 5.63. The van der Waals surface area contributed by atoms with E-state index >= 15 is 0 Å². The van der Waals surface area contributed by atoms with Crippen LogP contribution in [0.25, 0.3) is 0 Å². The summed E-state index contributed by atoms with van der Waals surface area (Å²) in [5.74, 6) is 0.993. The van der Waals surface area contributed by atoms with Crippen LogP contribution in [0.4, 0.5) is 0 Å². The summed E-state index contributed by atoms with van der Waals surface area (Å²) in [5, 5.41) is 3.71. The number of rotatable bonds is 6. The van der Waals surface area contributed by atoms with Gasteiger partial charge in [-0.3, -0.25) is 0 Å². The van der Waals surface area contributed by atoms with E-state index in [4.69, 9.17) is 10.5 Å². The van der Waals surface area contributed by atoms with E-state index in [1.165, 1.54) is 38.5 Å². The molecule has 0 radical (unpaired) electrons. The molecule has 0 aromatic carbocycles. The van der Waals surface area contributed by atoms with Gasteiger partial charge in [0.2, 0.25) is 0 Å². The van der Waals surface area contributed by atoms with Crippen LogP contribution in [-0.4, -0.2) is 31.8 Å². The molecule has 2 saturated carbocycles. The van der Waals surface area contributed by atoms with Crippen molar-refractivity contribution in [2.45, 2.75) is 56.6 Å². The Labute approximate surface area is 99.1 Å². The van der Waals surface area contributed by atoms with E-state index in [2.05, 4.69) is 5.32 Å². The second kappa shape index (κ2) is 5.48. The van der Waals surface area contributed by atoms with E-state index in [-0.39, 0.29) is 5.54 Å². The summed E-state index contributed by atoms with van der Waals surface area (Å²) in [4.78, 5) is 0. The van der Waals surface area contributed by atoms with Crippen molar-refractivity contribution in [1.29, 1.82) is 0 Å². The third kappa shape index (κ3) is 2.76. The topological polar surface area (TPSA) is 47.3 Å². The molecule has 0 aliphatic heterocycles. The van der Waals surface area contributed by atoms with Crippen LogP contribution in [-0.2, 0) is 4.74 Å². The van der Waals surface area contributed by atoms with E-state index in [0.29, 0.717) is 12.6 Å². The molecule has 3 nitrogen and oxygen atoms in total. The molecule has 3 heteroatoms. The zero-order chi connectivity index (χ0) is 11.4. The predicted octanol–water partition coefficient (Wildman–Crippen LogP) is 1.66. The fraction of sp³-hybridized carbons (Fsp3) is 1.00. The van der Waals surface area contributed by atoms with Gasteiger partial charge in [0.1, 0.15) is 0 Å². The zero-order valence-corrected chi connectivity index (χ0v) is 10.5. The number of hydrogen-bond acceptors (Lipinski definition) is 3. The van der Waals surface area contributed by atoms with Gasteiger partial charge in [-0.15, -0.1) is 0 Å². The highest BCUT2D eigenvalue weighted by atomic mass is 16.5. The monoisotopic (exact) mass is 226 g/mol. The van der Waals surface area contributed by atoms with Crippen LogP contribution in [0.5, 0.6) is 0 Å². The van der Waals surface area contributed by atoms with Crippen molar-refractivity contribution in [3.05, 3.63) is 0 Å². The van der Waals surface area contributed by atoms with Crippen molar-refractivity contribution >= 4 is 0 Å². The van der Waals surface area contributed by atoms with Crippen LogP contribution >= 0.6 is 0 Å². The highest BCUT2D eigenvalue weighted by molar-refractivity contribution is 4.99. The van der Waals surface area contributed by atoms with Crippen LogP contribution in [0.15, 0.2) is 0 Å². The molecule has 2 fully saturated rings. The second-order valence-corrected chi connectivity index (χ2v) is 5.49. The molecular formula is C13H26N2O. The maximum atomic E-state index is 5.99. The van der Waals surface area contributed by atoms with E-state index in [1.54, 1.807) is 0 Å². The van der Waals surface area contributed by atoms with E-state index in [9.17, 15) is 0 Å². The summed E-state index contributed by atoms with van der Waals surface area (Å²) in [6.07, 6.45) is 9.40. The van der Waals surface area contributed by atoms with Gasteiger partial charge >= 0.3 is 0 Å². The first-order valence-corrected chi connectivity index (χ1v) is 6.78. The minimum atomic E-state index is 0.0574. The average molecular weight is 226 g/mol. The molecule has 0 amide bonds. The fourth-order valence-electron chi connectivity index (χ4n) is 2.99. The van der Waals surface area contributed by atoms with Gasteiger partial charge in [-0.05, 0) is 31.7 Å². The third-order valence-electron chi connectivity index (χ3n) is 4.33. The van der Waals surface area contributed by atoms with Crippen molar-refractivity contribution in [2.24, 2.45) is 11.7 Å². The first kappa shape index (κ1) is 12.3. The van der Waals surface area contributed by atoms with Crippen LogP contribution in [0.3, 0.4) is 0 Å². The maximum Gasteiger partial charge on any atom is 0.0765 e. The molecule has 16 heavy (non-hydrogen) atoms. The van der Waals surface area contributed by atoms with Crippen molar-refractivity contribution in [2.75, 3.05) is 20.2 Å². The standard InChI is InChI=1S/C13H26N2O/c1-16-12-4-2-3-8-13(12,10-14)15-9-7-11-5-6-11/h11-12,15H,2-10,14H2,1H3. The summed E-state index contributed by atoms with van der Waals surface area (Å²) in [7, 11) is 1.82. The van der Waals surface area contributed by atoms with E-state index in [0.717, 1.165) is 18.9 Å². The molecule has 94 valence electrons. The number of ether oxygens (including phenoxy) is 1. The van der Waals surface area contributed by atoms with E-state index in [1.807, 2.05) is 7.11 Å². The van der Waals surface area contributed by atoms with Gasteiger partial charge in [0, 0.05) is 13.7 Å². The summed E-state index contributed by atoms with van der Waals surface area (Å²) >= 11 is 0. The Balaban J connectivity index is 1.85. The molecule has 0 heterocycles. The lowest BCUT2D eigenvalue weighted by molar-refractivity contribution is -0.00854. The van der Waals surface area contributed by atoms with Gasteiger partial charge in [0.15, 0.2) is 0 Å². The molecule has 2 aliphatic carbocycles. The fourth-order valence-corrected chi connectivity index (χ4v) is 2.99. The lowest BCUT2D eigenvalue weighted by Crippen LogP contribution is -2.61. The van der Waals surface area contributed by atoms with Crippen molar-refractivity contribution in [3.63, 3.8) is 0 Å². The Kier molecular flexibility index (Phi) is 4.22. The normalized spacial score (nSPS) is 35.2. The van der Waals surface area contributed by atoms with Crippen LogP contribution in [0.1, 0.15) is 44.9 Å². The van der Waals surface area contributed by atoms with Gasteiger partial charge in [-0.1, -0.05) is 25.7 Å². The van der Waals surface area contributed by atoms with Gasteiger partial charge < -0.3 is 15.8 Å². The number of nitrogens with one attached hydrogen (secondary N) is 1. The van der Waals surface area contributed by atoms with Crippen molar-refractivity contribution < 1.29 is 4.74 Å². The molecule has 2 rings (SSSR count). The van der Waals surface area contributed by atoms with E-state index < -0.39 is 0 Å². The molecule has 3 N–H and O–H groups in total. The minimum absolute atomic E-state index is 0.0574. The lowest BCUT2D eigenvalue weighted by Gasteiger charge is -2.43. The first-order chi connectivity index (χ1) is 7.80. The molecule has 0 saturated heterocycles. The summed E-state index contributed by atoms with van der Waals surface area (Å²) in [6.45, 7) is 1.82. The van der Waals surface area contributed by atoms with Crippen LogP contribution in [0.2, 0.25) is 0 Å². The Morgan fingerprint density at radius 3 is 2.75 bits per heavy atom. The largest absolute Gasteiger partial charge is 0.379 e. The van der Waals surface area contributed by atoms with Crippen molar-refractivity contribution in [3.8, 4) is 0 Å². The number of hydrogen-bond donors (Lipinski definition) is 2. The Hall–Kier alpha value is -0.120. The Morgan fingerprint density at radius 1 is 1.31 bits per heavy atom. The van der Waals surface area contributed by atoms with Crippen LogP contribution in [0, 0.1) is 5.92 Å². The van der Waals surface area contributed by atoms with Gasteiger partial charge in [-0.25, -0.2) is 0 Å². The minimum Gasteiger partial charge on any atom is -0.379 e. The number of nitrogens with two attached hydrogens (primary N) is 1. The maximum absolute atomic E-state index is 5.99. The molecule has 2 atom stereocenters. The zero-order valence-electron chi connectivity index (χ0n) is 10.5. The summed E-state index contributed by atoms with van der Waals surface area (Å²) in [5.41, 5.74) is 6.05. The lowest BCUT2D eigenvalue weighted by atomic mass is 9.79. The SMILES string of the molecule is COC1CCCCC1(CN)NCCC1CC1. The van der Waals surface area contributed by atoms with Gasteiger partial charge in [0.25, 0.3) is 0 Å². The summed E-state index contributed by atoms with van der Waals surface area (Å²) in [6, 6.07) is 0. The molecule has 2 aliphatic rings. The molecule has 0 aromatic rings. The predicted molar refractivity (Wildman–Crippen MR) is 66.4 cm³/mol. The second-order valence-electron chi connectivity index (χ2n) is 5.49. The molecule has 0 bridgehead atoms. The van der Waals surface area contributed by atoms with Crippen molar-refractivity contribution in [1.82, 2.24) is 5.32 Å². The Bertz CT molecular complexity index is 218. The van der Waals surface area contributed by atoms with Gasteiger partial charge in [0.05, 0.1) is 11.6 Å². The Morgan fingerprint density at radius 2 is 2.12 bits per heavy atom. The highest BCUT2D eigenvalue weighted by Crippen LogP contribution is 2.33. The molecule has 0 aromatic heterocycles. The smallest absolute Gasteiger partial charge is 0.0765 e. The molecule has 0 spiro atoms. The number of methoxy groups -OCH3 is 1. The first-order valence-electron chi connectivity index (χ1n) is 6.78. The highest BCUT2D eigenvalue weighted by Gasteiger charge is 2.39. The van der Waals surface area contributed by atoms with Gasteiger partial charge in [-0.2, -0.15) is 0 Å². The molecular weight excluding hydrogens is 200 g/mol. The average Bonchev–Trinajstić information content (AvgIpc) is 3.13. The molecule has 2 unspecified atom stereocenters.